The molecule has 0 aliphatic heterocycles. The largest absolute Gasteiger partial charge is 0.467 e. The first-order valence-electron chi connectivity index (χ1n) is 9.43. The first kappa shape index (κ1) is 22.1. The number of thioether (sulfide) groups is 1. The zero-order chi connectivity index (χ0) is 22.4. The van der Waals surface area contributed by atoms with Crippen LogP contribution in [-0.2, 0) is 22.6 Å². The van der Waals surface area contributed by atoms with E-state index in [9.17, 15) is 14.4 Å². The number of aromatic nitrogens is 3. The maximum absolute atomic E-state index is 12.6. The molecular weight excluding hydrogens is 420 g/mol. The van der Waals surface area contributed by atoms with Gasteiger partial charge in [-0.1, -0.05) is 11.8 Å². The van der Waals surface area contributed by atoms with Gasteiger partial charge in [0.15, 0.2) is 5.16 Å². The molecule has 1 atom stereocenters. The number of rotatable bonds is 10. The highest BCUT2D eigenvalue weighted by atomic mass is 32.2. The minimum Gasteiger partial charge on any atom is -0.467 e. The van der Waals surface area contributed by atoms with E-state index in [2.05, 4.69) is 15.5 Å². The Kier molecular flexibility index (Phi) is 7.08. The first-order valence-corrected chi connectivity index (χ1v) is 10.3. The summed E-state index contributed by atoms with van der Waals surface area (Å²) < 4.78 is 7.21. The van der Waals surface area contributed by atoms with E-state index in [1.54, 1.807) is 48.1 Å². The second-order valence-electron chi connectivity index (χ2n) is 6.72. The molecule has 162 valence electrons. The number of nitrogens with two attached hydrogens (primary N) is 2. The molecule has 3 aromatic rings. The molecule has 0 fully saturated rings. The molecule has 11 heteroatoms. The Morgan fingerprint density at radius 2 is 1.90 bits per heavy atom. The molecule has 3 rings (SSSR count). The number of nitrogens with one attached hydrogen (secondary N) is 1. The van der Waals surface area contributed by atoms with E-state index < -0.39 is 17.1 Å². The van der Waals surface area contributed by atoms with Crippen molar-refractivity contribution in [2.24, 2.45) is 11.5 Å². The summed E-state index contributed by atoms with van der Waals surface area (Å²) in [6, 6.07) is 9.89. The lowest BCUT2D eigenvalue weighted by Gasteiger charge is -2.13. The predicted molar refractivity (Wildman–Crippen MR) is 114 cm³/mol. The number of benzene rings is 1. The zero-order valence-corrected chi connectivity index (χ0v) is 17.6. The first-order chi connectivity index (χ1) is 14.8. The second-order valence-corrected chi connectivity index (χ2v) is 8.03. The van der Waals surface area contributed by atoms with Gasteiger partial charge in [-0.25, -0.2) is 0 Å². The number of hydrogen-bond acceptors (Lipinski definition) is 7. The lowest BCUT2D eigenvalue weighted by molar-refractivity contribution is -0.118. The summed E-state index contributed by atoms with van der Waals surface area (Å²) in [5.74, 6) is 0.0470. The van der Waals surface area contributed by atoms with Gasteiger partial charge in [-0.05, 0) is 43.3 Å². The number of furan rings is 1. The van der Waals surface area contributed by atoms with Crippen molar-refractivity contribution in [3.05, 3.63) is 59.8 Å². The fourth-order valence-electron chi connectivity index (χ4n) is 2.72. The molecular formula is C20H22N6O4S. The van der Waals surface area contributed by atoms with Gasteiger partial charge >= 0.3 is 0 Å². The maximum Gasteiger partial charge on any atom is 0.248 e. The third-order valence-corrected chi connectivity index (χ3v) is 5.45. The van der Waals surface area contributed by atoms with E-state index in [1.165, 1.54) is 11.8 Å². The van der Waals surface area contributed by atoms with Crippen LogP contribution in [0.25, 0.3) is 0 Å². The summed E-state index contributed by atoms with van der Waals surface area (Å²) in [6.45, 7) is 2.10. The molecule has 31 heavy (non-hydrogen) atoms. The van der Waals surface area contributed by atoms with E-state index in [0.717, 1.165) is 0 Å². The Bertz CT molecular complexity index is 1060. The van der Waals surface area contributed by atoms with E-state index in [0.29, 0.717) is 41.0 Å². The monoisotopic (exact) mass is 442 g/mol. The fraction of sp³-hybridized carbons (Fsp3) is 0.250. The molecule has 2 aromatic heterocycles. The van der Waals surface area contributed by atoms with E-state index >= 15 is 0 Å². The number of anilines is 1. The molecule has 0 aliphatic carbocycles. The Morgan fingerprint density at radius 3 is 2.52 bits per heavy atom. The van der Waals surface area contributed by atoms with Crippen molar-refractivity contribution in [3.63, 3.8) is 0 Å². The zero-order valence-electron chi connectivity index (χ0n) is 16.8. The van der Waals surface area contributed by atoms with Crippen LogP contribution in [-0.4, -0.2) is 37.7 Å². The van der Waals surface area contributed by atoms with Crippen molar-refractivity contribution in [2.75, 3.05) is 5.32 Å². The summed E-state index contributed by atoms with van der Waals surface area (Å²) in [4.78, 5) is 35.0. The van der Waals surface area contributed by atoms with Crippen LogP contribution < -0.4 is 16.8 Å². The molecule has 0 aliphatic rings. The van der Waals surface area contributed by atoms with Crippen molar-refractivity contribution in [1.82, 2.24) is 14.8 Å². The Balaban J connectivity index is 1.71. The van der Waals surface area contributed by atoms with Gasteiger partial charge in [0.05, 0.1) is 18.1 Å². The van der Waals surface area contributed by atoms with Gasteiger partial charge in [0.2, 0.25) is 17.7 Å². The second kappa shape index (κ2) is 9.94. The average Bonchev–Trinajstić information content (AvgIpc) is 3.37. The highest BCUT2D eigenvalue weighted by Crippen LogP contribution is 2.25. The van der Waals surface area contributed by atoms with Crippen molar-refractivity contribution < 1.29 is 18.8 Å². The number of carbonyl (C=O) groups is 3. The van der Waals surface area contributed by atoms with Crippen LogP contribution in [0.4, 0.5) is 5.69 Å². The maximum atomic E-state index is 12.6. The third-order valence-electron chi connectivity index (χ3n) is 4.37. The molecule has 0 spiro atoms. The molecule has 5 N–H and O–H groups in total. The van der Waals surface area contributed by atoms with E-state index in [4.69, 9.17) is 15.9 Å². The van der Waals surface area contributed by atoms with Gasteiger partial charge in [-0.15, -0.1) is 10.2 Å². The Hall–Kier alpha value is -3.60. The van der Waals surface area contributed by atoms with Crippen LogP contribution in [0, 0.1) is 0 Å². The van der Waals surface area contributed by atoms with Gasteiger partial charge < -0.3 is 21.2 Å². The number of amides is 3. The van der Waals surface area contributed by atoms with Gasteiger partial charge in [0.1, 0.15) is 11.6 Å². The summed E-state index contributed by atoms with van der Waals surface area (Å²) in [7, 11) is 0. The Morgan fingerprint density at radius 1 is 1.16 bits per heavy atom. The van der Waals surface area contributed by atoms with Crippen molar-refractivity contribution in [2.45, 2.75) is 36.7 Å². The van der Waals surface area contributed by atoms with Gasteiger partial charge in [-0.3, -0.25) is 19.0 Å². The average molecular weight is 443 g/mol. The number of primary amides is 2. The van der Waals surface area contributed by atoms with E-state index in [1.807, 2.05) is 6.07 Å². The topological polar surface area (TPSA) is 159 Å². The minimum absolute atomic E-state index is 0.137. The summed E-state index contributed by atoms with van der Waals surface area (Å²) in [5, 5.41) is 11.2. The molecule has 0 saturated heterocycles. The molecule has 0 saturated carbocycles. The summed E-state index contributed by atoms with van der Waals surface area (Å²) in [5.41, 5.74) is 11.4. The predicted octanol–water partition coefficient (Wildman–Crippen LogP) is 1.56. The fourth-order valence-corrected chi connectivity index (χ4v) is 3.58. The smallest absolute Gasteiger partial charge is 0.248 e. The van der Waals surface area contributed by atoms with Gasteiger partial charge in [-0.2, -0.15) is 0 Å². The van der Waals surface area contributed by atoms with Gasteiger partial charge in [0.25, 0.3) is 0 Å². The van der Waals surface area contributed by atoms with Crippen LogP contribution in [0.5, 0.6) is 0 Å². The number of aryl methyl sites for hydroxylation is 1. The van der Waals surface area contributed by atoms with Crippen molar-refractivity contribution in [1.29, 1.82) is 0 Å². The standard InChI is InChI=1S/C20H22N6O4S/c1-12(19(29)23-14-6-4-13(5-7-14)18(22)28)31-20-25-24-17(9-8-16(21)27)26(20)11-15-3-2-10-30-15/h2-7,10,12H,8-9,11H2,1H3,(H2,21,27)(H2,22,28)(H,23,29). The highest BCUT2D eigenvalue weighted by Gasteiger charge is 2.21. The van der Waals surface area contributed by atoms with Crippen molar-refractivity contribution in [3.8, 4) is 0 Å². The summed E-state index contributed by atoms with van der Waals surface area (Å²) in [6.07, 6.45) is 2.03. The molecule has 10 nitrogen and oxygen atoms in total. The van der Waals surface area contributed by atoms with Crippen LogP contribution in [0.3, 0.4) is 0 Å². The number of carbonyl (C=O) groups excluding carboxylic acids is 3. The quantitative estimate of drug-likeness (QED) is 0.402. The third kappa shape index (κ3) is 5.95. The van der Waals surface area contributed by atoms with Crippen LogP contribution >= 0.6 is 11.8 Å². The van der Waals surface area contributed by atoms with Gasteiger partial charge in [0, 0.05) is 24.1 Å². The highest BCUT2D eigenvalue weighted by molar-refractivity contribution is 8.00. The number of nitrogens with zero attached hydrogens (tertiary/aromatic N) is 3. The van der Waals surface area contributed by atoms with Crippen LogP contribution in [0.15, 0.2) is 52.2 Å². The molecule has 0 radical (unpaired) electrons. The number of hydrogen-bond donors (Lipinski definition) is 3. The van der Waals surface area contributed by atoms with Crippen LogP contribution in [0.1, 0.15) is 35.3 Å². The molecule has 1 unspecified atom stereocenters. The normalized spacial score (nSPS) is 11.8. The molecule has 0 bridgehead atoms. The molecule has 3 amide bonds. The lowest BCUT2D eigenvalue weighted by Crippen LogP contribution is -2.23. The SMILES string of the molecule is CC(Sc1nnc(CCC(N)=O)n1Cc1ccco1)C(=O)Nc1ccc(C(N)=O)cc1. The molecule has 2 heterocycles. The van der Waals surface area contributed by atoms with Crippen LogP contribution in [0.2, 0.25) is 0 Å². The van der Waals surface area contributed by atoms with E-state index in [-0.39, 0.29) is 12.3 Å². The summed E-state index contributed by atoms with van der Waals surface area (Å²) >= 11 is 1.23. The minimum atomic E-state index is -0.537. The Labute approximate surface area is 182 Å². The molecule has 1 aromatic carbocycles. The van der Waals surface area contributed by atoms with Crippen molar-refractivity contribution >= 4 is 35.2 Å². The lowest BCUT2D eigenvalue weighted by atomic mass is 10.2.